The molecule has 21 heavy (non-hydrogen) atoms. The highest BCUT2D eigenvalue weighted by Gasteiger charge is 2.25. The Labute approximate surface area is 122 Å². The van der Waals surface area contributed by atoms with Gasteiger partial charge in [0, 0.05) is 12.2 Å². The number of nitrogen functional groups attached to an aromatic ring is 1. The van der Waals surface area contributed by atoms with Gasteiger partial charge in [-0.25, -0.2) is 9.37 Å². The van der Waals surface area contributed by atoms with E-state index >= 15 is 0 Å². The molecule has 1 fully saturated rings. The summed E-state index contributed by atoms with van der Waals surface area (Å²) in [4.78, 5) is 13.0. The van der Waals surface area contributed by atoms with Crippen LogP contribution in [0.25, 0.3) is 11.0 Å². The Morgan fingerprint density at radius 1 is 1.33 bits per heavy atom. The van der Waals surface area contributed by atoms with Gasteiger partial charge in [0.1, 0.15) is 12.0 Å². The molecule has 0 unspecified atom stereocenters. The van der Waals surface area contributed by atoms with E-state index < -0.39 is 6.17 Å². The minimum Gasteiger partial charge on any atom is -0.383 e. The van der Waals surface area contributed by atoms with E-state index in [9.17, 15) is 4.39 Å². The number of alkyl halides is 1. The summed E-state index contributed by atoms with van der Waals surface area (Å²) in [6.07, 6.45) is -0.283. The van der Waals surface area contributed by atoms with Gasteiger partial charge < -0.3 is 16.4 Å². The summed E-state index contributed by atoms with van der Waals surface area (Å²) in [5.41, 5.74) is 8.42. The lowest BCUT2D eigenvalue weighted by Gasteiger charge is -2.27. The maximum absolute atomic E-state index is 13.8. The van der Waals surface area contributed by atoms with Gasteiger partial charge in [0.05, 0.1) is 11.4 Å². The molecule has 2 atom stereocenters. The molecule has 3 rings (SSSR count). The second-order valence-corrected chi connectivity index (χ2v) is 5.47. The van der Waals surface area contributed by atoms with Crippen LogP contribution in [-0.4, -0.2) is 40.3 Å². The monoisotopic (exact) mass is 290 g/mol. The van der Waals surface area contributed by atoms with Gasteiger partial charge in [0.15, 0.2) is 5.65 Å². The number of nitrogens with two attached hydrogens (primary N) is 1. The number of aryl methyl sites for hydroxylation is 2. The molecule has 4 N–H and O–H groups in total. The van der Waals surface area contributed by atoms with E-state index in [1.54, 1.807) is 0 Å². The second-order valence-electron chi connectivity index (χ2n) is 5.47. The van der Waals surface area contributed by atoms with Crippen molar-refractivity contribution < 1.29 is 4.39 Å². The van der Waals surface area contributed by atoms with Crippen LogP contribution in [0.2, 0.25) is 0 Å². The number of anilines is 2. The minimum absolute atomic E-state index is 0.297. The van der Waals surface area contributed by atoms with Gasteiger partial charge >= 0.3 is 0 Å². The van der Waals surface area contributed by atoms with Crippen LogP contribution in [0.1, 0.15) is 17.7 Å². The van der Waals surface area contributed by atoms with E-state index in [1.165, 1.54) is 0 Å². The molecule has 2 aromatic rings. The summed E-state index contributed by atoms with van der Waals surface area (Å²) >= 11 is 0. The van der Waals surface area contributed by atoms with Crippen LogP contribution < -0.4 is 16.4 Å². The molecule has 1 aliphatic heterocycles. The van der Waals surface area contributed by atoms with Crippen LogP contribution in [0.4, 0.5) is 16.2 Å². The summed E-state index contributed by atoms with van der Waals surface area (Å²) in [6, 6.07) is 1.65. The molecular formula is C14H19FN6. The van der Waals surface area contributed by atoms with Crippen LogP contribution in [0.15, 0.2) is 6.07 Å². The number of hydrogen-bond acceptors (Lipinski definition) is 6. The van der Waals surface area contributed by atoms with E-state index in [1.807, 2.05) is 19.9 Å². The summed E-state index contributed by atoms with van der Waals surface area (Å²) in [6.45, 7) is 4.98. The van der Waals surface area contributed by atoms with Crippen LogP contribution in [0, 0.1) is 13.8 Å². The first-order valence-corrected chi connectivity index (χ1v) is 7.07. The molecule has 6 nitrogen and oxygen atoms in total. The van der Waals surface area contributed by atoms with Crippen LogP contribution in [0.5, 0.6) is 0 Å². The normalized spacial score (nSPS) is 22.4. The van der Waals surface area contributed by atoms with E-state index in [-0.39, 0.29) is 6.04 Å². The third-order valence-electron chi connectivity index (χ3n) is 3.74. The highest BCUT2D eigenvalue weighted by Crippen LogP contribution is 2.23. The molecule has 2 aromatic heterocycles. The zero-order valence-corrected chi connectivity index (χ0v) is 12.2. The maximum atomic E-state index is 13.8. The highest BCUT2D eigenvalue weighted by molar-refractivity contribution is 5.89. The van der Waals surface area contributed by atoms with Crippen molar-refractivity contribution in [2.24, 2.45) is 0 Å². The first kappa shape index (κ1) is 13.9. The first-order chi connectivity index (χ1) is 10.0. The summed E-state index contributed by atoms with van der Waals surface area (Å²) in [5, 5.41) is 6.82. The lowest BCUT2D eigenvalue weighted by atomic mass is 10.1. The van der Waals surface area contributed by atoms with Gasteiger partial charge in [0.25, 0.3) is 0 Å². The fraction of sp³-hybridized carbons (Fsp3) is 0.500. The zero-order valence-electron chi connectivity index (χ0n) is 12.2. The number of nitrogens with zero attached hydrogens (tertiary/aromatic N) is 3. The van der Waals surface area contributed by atoms with E-state index in [0.717, 1.165) is 23.2 Å². The van der Waals surface area contributed by atoms with E-state index in [0.29, 0.717) is 30.4 Å². The van der Waals surface area contributed by atoms with Gasteiger partial charge in [-0.1, -0.05) is 0 Å². The highest BCUT2D eigenvalue weighted by atomic mass is 19.1. The summed E-state index contributed by atoms with van der Waals surface area (Å²) in [7, 11) is 0. The molecule has 3 heterocycles. The Morgan fingerprint density at radius 2 is 2.14 bits per heavy atom. The molecule has 7 heteroatoms. The summed E-state index contributed by atoms with van der Waals surface area (Å²) in [5.74, 6) is 0.712. The van der Waals surface area contributed by atoms with Crippen molar-refractivity contribution in [1.29, 1.82) is 0 Å². The van der Waals surface area contributed by atoms with Gasteiger partial charge in [-0.3, -0.25) is 0 Å². The number of fused-ring (bicyclic) bond motifs is 1. The van der Waals surface area contributed by atoms with Crippen LogP contribution in [-0.2, 0) is 0 Å². The van der Waals surface area contributed by atoms with Crippen molar-refractivity contribution in [3.63, 3.8) is 0 Å². The maximum Gasteiger partial charge on any atom is 0.227 e. The predicted octanol–water partition coefficient (Wildman–Crippen LogP) is 1.34. The smallest absolute Gasteiger partial charge is 0.227 e. The lowest BCUT2D eigenvalue weighted by molar-refractivity contribution is 0.244. The summed E-state index contributed by atoms with van der Waals surface area (Å²) < 4.78 is 13.8. The molecule has 0 spiro atoms. The Kier molecular flexibility index (Phi) is 3.59. The minimum atomic E-state index is -0.966. The zero-order chi connectivity index (χ0) is 15.0. The molecule has 0 bridgehead atoms. The lowest BCUT2D eigenvalue weighted by Crippen LogP contribution is -2.45. The second kappa shape index (κ2) is 5.40. The molecule has 0 saturated carbocycles. The molecule has 0 aromatic carbocycles. The number of piperidine rings is 1. The standard InChI is InChI=1S/C14H19FN6/c1-7-5-8(2)18-13-11(7)12(16)20-14(21-13)19-10-3-4-17-6-9(10)15/h5,9-10,17H,3-4,6H2,1-2H3,(H3,16,18,19,20,21)/t9-,10+/m1/s1. The number of halogens is 1. The average molecular weight is 290 g/mol. The topological polar surface area (TPSA) is 88.8 Å². The largest absolute Gasteiger partial charge is 0.383 e. The molecule has 0 aliphatic carbocycles. The Morgan fingerprint density at radius 3 is 2.90 bits per heavy atom. The number of aromatic nitrogens is 3. The Bertz CT molecular complexity index is 674. The van der Waals surface area contributed by atoms with E-state index in [4.69, 9.17) is 5.73 Å². The van der Waals surface area contributed by atoms with Gasteiger partial charge in [0.2, 0.25) is 5.95 Å². The van der Waals surface area contributed by atoms with Gasteiger partial charge in [-0.2, -0.15) is 9.97 Å². The predicted molar refractivity (Wildman–Crippen MR) is 81.0 cm³/mol. The van der Waals surface area contributed by atoms with E-state index in [2.05, 4.69) is 25.6 Å². The number of rotatable bonds is 2. The average Bonchev–Trinajstić information content (AvgIpc) is 2.40. The van der Waals surface area contributed by atoms with Crippen LogP contribution in [0.3, 0.4) is 0 Å². The van der Waals surface area contributed by atoms with Crippen molar-refractivity contribution in [3.05, 3.63) is 17.3 Å². The third kappa shape index (κ3) is 2.73. The third-order valence-corrected chi connectivity index (χ3v) is 3.74. The number of hydrogen-bond donors (Lipinski definition) is 3. The quantitative estimate of drug-likeness (QED) is 0.773. The van der Waals surface area contributed by atoms with Crippen molar-refractivity contribution in [3.8, 4) is 0 Å². The molecular weight excluding hydrogens is 271 g/mol. The van der Waals surface area contributed by atoms with Crippen LogP contribution >= 0.6 is 0 Å². The van der Waals surface area contributed by atoms with Crippen molar-refractivity contribution >= 4 is 22.8 Å². The SMILES string of the molecule is Cc1cc(C)c2c(N)nc(N[C@H]3CCNC[C@H]3F)nc2n1. The first-order valence-electron chi connectivity index (χ1n) is 7.07. The molecule has 0 amide bonds. The molecule has 1 aliphatic rings. The molecule has 1 saturated heterocycles. The molecule has 0 radical (unpaired) electrons. The fourth-order valence-corrected chi connectivity index (χ4v) is 2.72. The Balaban J connectivity index is 1.96. The van der Waals surface area contributed by atoms with Gasteiger partial charge in [-0.15, -0.1) is 0 Å². The van der Waals surface area contributed by atoms with Crippen molar-refractivity contribution in [1.82, 2.24) is 20.3 Å². The molecule has 112 valence electrons. The van der Waals surface area contributed by atoms with Gasteiger partial charge in [-0.05, 0) is 38.4 Å². The fourth-order valence-electron chi connectivity index (χ4n) is 2.72. The Hall–Kier alpha value is -2.02. The number of nitrogens with one attached hydrogen (secondary N) is 2. The number of pyridine rings is 1. The van der Waals surface area contributed by atoms with Crippen molar-refractivity contribution in [2.45, 2.75) is 32.5 Å². The van der Waals surface area contributed by atoms with Crippen molar-refractivity contribution in [2.75, 3.05) is 24.1 Å².